The van der Waals surface area contributed by atoms with E-state index in [0.717, 1.165) is 6.61 Å². The van der Waals surface area contributed by atoms with E-state index >= 15 is 0 Å². The fourth-order valence-corrected chi connectivity index (χ4v) is 6.90. The van der Waals surface area contributed by atoms with Gasteiger partial charge in [-0.3, -0.25) is 0 Å². The summed E-state index contributed by atoms with van der Waals surface area (Å²) in [6.07, 6.45) is 35.4. The predicted octanol–water partition coefficient (Wildman–Crippen LogP) is 11.9. The SMILES string of the molecule is CCCCCCCCCCCCCCCCCCCCCCO[Si](C)(C)OC(C)CCCCCC. The Morgan fingerprint density at radius 1 is 0.457 bits per heavy atom. The summed E-state index contributed by atoms with van der Waals surface area (Å²) in [6.45, 7) is 12.1. The fraction of sp³-hybridized carbons (Fsp3) is 1.00. The molecule has 0 radical (unpaired) electrons. The third kappa shape index (κ3) is 28.6. The molecule has 1 atom stereocenters. The Bertz CT molecular complexity index is 399. The van der Waals surface area contributed by atoms with Crippen LogP contribution in [0.4, 0.5) is 0 Å². The molecule has 0 aliphatic carbocycles. The van der Waals surface area contributed by atoms with Crippen LogP contribution in [0.15, 0.2) is 0 Å². The van der Waals surface area contributed by atoms with Crippen molar-refractivity contribution in [1.82, 2.24) is 0 Å². The Morgan fingerprint density at radius 3 is 1.14 bits per heavy atom. The standard InChI is InChI=1S/C32H68O2Si/c1-6-8-10-12-13-14-15-16-17-18-19-20-21-22-23-24-25-26-27-29-31-33-35(4,5)34-32(3)30-28-11-9-7-2/h32H,6-31H2,1-5H3. The highest BCUT2D eigenvalue weighted by Gasteiger charge is 2.26. The molecule has 0 bridgehead atoms. The number of unbranched alkanes of at least 4 members (excludes halogenated alkanes) is 22. The molecule has 0 aromatic rings. The molecule has 0 fully saturated rings. The molecule has 0 N–H and O–H groups in total. The van der Waals surface area contributed by atoms with Crippen molar-refractivity contribution in [3.63, 3.8) is 0 Å². The maximum Gasteiger partial charge on any atom is 0.331 e. The fourth-order valence-electron chi connectivity index (χ4n) is 5.11. The molecule has 0 heterocycles. The third-order valence-corrected chi connectivity index (χ3v) is 9.27. The minimum atomic E-state index is -1.95. The molecule has 0 aliphatic heterocycles. The minimum absolute atomic E-state index is 0.350. The van der Waals surface area contributed by atoms with Gasteiger partial charge in [0, 0.05) is 12.7 Å². The van der Waals surface area contributed by atoms with Gasteiger partial charge in [-0.05, 0) is 32.9 Å². The van der Waals surface area contributed by atoms with E-state index in [1.54, 1.807) is 0 Å². The molecule has 1 unspecified atom stereocenters. The van der Waals surface area contributed by atoms with Crippen LogP contribution >= 0.6 is 0 Å². The van der Waals surface area contributed by atoms with Crippen molar-refractivity contribution in [2.75, 3.05) is 6.61 Å². The van der Waals surface area contributed by atoms with Crippen LogP contribution in [0.25, 0.3) is 0 Å². The zero-order valence-corrected chi connectivity index (χ0v) is 26.3. The van der Waals surface area contributed by atoms with E-state index in [4.69, 9.17) is 8.85 Å². The van der Waals surface area contributed by atoms with Gasteiger partial charge in [0.25, 0.3) is 0 Å². The molecule has 0 spiro atoms. The van der Waals surface area contributed by atoms with E-state index in [2.05, 4.69) is 33.9 Å². The summed E-state index contributed by atoms with van der Waals surface area (Å²) in [5.41, 5.74) is 0. The van der Waals surface area contributed by atoms with Crippen LogP contribution in [0, 0.1) is 0 Å². The lowest BCUT2D eigenvalue weighted by atomic mass is 10.0. The Labute approximate surface area is 224 Å². The molecular weight excluding hydrogens is 444 g/mol. The number of hydrogen-bond acceptors (Lipinski definition) is 2. The van der Waals surface area contributed by atoms with Gasteiger partial charge in [-0.25, -0.2) is 0 Å². The Kier molecular flexibility index (Phi) is 27.3. The Morgan fingerprint density at radius 2 is 0.771 bits per heavy atom. The summed E-state index contributed by atoms with van der Waals surface area (Å²) in [6, 6.07) is 0. The highest BCUT2D eigenvalue weighted by atomic mass is 28.4. The van der Waals surface area contributed by atoms with Crippen molar-refractivity contribution in [1.29, 1.82) is 0 Å². The van der Waals surface area contributed by atoms with Crippen LogP contribution in [-0.4, -0.2) is 21.3 Å². The Hall–Kier alpha value is 0.137. The average molecular weight is 513 g/mol. The van der Waals surface area contributed by atoms with E-state index in [1.165, 1.54) is 161 Å². The zero-order chi connectivity index (χ0) is 25.9. The lowest BCUT2D eigenvalue weighted by molar-refractivity contribution is 0.122. The van der Waals surface area contributed by atoms with E-state index in [1.807, 2.05) is 0 Å². The largest absolute Gasteiger partial charge is 0.395 e. The van der Waals surface area contributed by atoms with Crippen molar-refractivity contribution in [3.8, 4) is 0 Å². The summed E-state index contributed by atoms with van der Waals surface area (Å²) in [4.78, 5) is 0. The zero-order valence-electron chi connectivity index (χ0n) is 25.3. The first kappa shape index (κ1) is 35.1. The van der Waals surface area contributed by atoms with Gasteiger partial charge in [-0.15, -0.1) is 0 Å². The molecule has 0 aromatic heterocycles. The third-order valence-electron chi connectivity index (χ3n) is 7.40. The second kappa shape index (κ2) is 27.2. The maximum absolute atomic E-state index is 6.28. The number of hydrogen-bond donors (Lipinski definition) is 0. The van der Waals surface area contributed by atoms with Gasteiger partial charge in [-0.1, -0.05) is 162 Å². The molecule has 0 amide bonds. The highest BCUT2D eigenvalue weighted by molar-refractivity contribution is 6.64. The topological polar surface area (TPSA) is 18.5 Å². The molecule has 0 rings (SSSR count). The van der Waals surface area contributed by atoms with Crippen LogP contribution in [0.5, 0.6) is 0 Å². The van der Waals surface area contributed by atoms with Crippen LogP contribution < -0.4 is 0 Å². The second-order valence-corrected chi connectivity index (χ2v) is 15.1. The van der Waals surface area contributed by atoms with E-state index in [0.29, 0.717) is 6.10 Å². The minimum Gasteiger partial charge on any atom is -0.395 e. The number of rotatable bonds is 29. The van der Waals surface area contributed by atoms with Gasteiger partial charge >= 0.3 is 8.56 Å². The van der Waals surface area contributed by atoms with Crippen LogP contribution in [-0.2, 0) is 8.85 Å². The molecular formula is C32H68O2Si. The van der Waals surface area contributed by atoms with Gasteiger partial charge in [-0.2, -0.15) is 0 Å². The lowest BCUT2D eigenvalue weighted by Crippen LogP contribution is -2.38. The molecule has 2 nitrogen and oxygen atoms in total. The first-order valence-electron chi connectivity index (χ1n) is 16.3. The van der Waals surface area contributed by atoms with Gasteiger partial charge in [0.2, 0.25) is 0 Å². The van der Waals surface area contributed by atoms with Gasteiger partial charge in [0.05, 0.1) is 0 Å². The molecule has 0 aliphatic rings. The van der Waals surface area contributed by atoms with Gasteiger partial charge < -0.3 is 8.85 Å². The molecule has 35 heavy (non-hydrogen) atoms. The average Bonchev–Trinajstić information content (AvgIpc) is 2.82. The van der Waals surface area contributed by atoms with Crippen molar-refractivity contribution in [2.24, 2.45) is 0 Å². The van der Waals surface area contributed by atoms with Gasteiger partial charge in [0.1, 0.15) is 0 Å². The van der Waals surface area contributed by atoms with Crippen LogP contribution in [0.3, 0.4) is 0 Å². The summed E-state index contributed by atoms with van der Waals surface area (Å²) in [7, 11) is -1.95. The lowest BCUT2D eigenvalue weighted by Gasteiger charge is -2.27. The molecule has 0 saturated carbocycles. The molecule has 3 heteroatoms. The van der Waals surface area contributed by atoms with Crippen molar-refractivity contribution in [2.45, 2.75) is 200 Å². The molecule has 212 valence electrons. The van der Waals surface area contributed by atoms with Crippen LogP contribution in [0.2, 0.25) is 13.1 Å². The van der Waals surface area contributed by atoms with Gasteiger partial charge in [0.15, 0.2) is 0 Å². The van der Waals surface area contributed by atoms with E-state index in [-0.39, 0.29) is 0 Å². The quantitative estimate of drug-likeness (QED) is 0.0732. The van der Waals surface area contributed by atoms with Crippen LogP contribution in [0.1, 0.15) is 181 Å². The van der Waals surface area contributed by atoms with Crippen molar-refractivity contribution in [3.05, 3.63) is 0 Å². The monoisotopic (exact) mass is 512 g/mol. The maximum atomic E-state index is 6.28. The summed E-state index contributed by atoms with van der Waals surface area (Å²) >= 11 is 0. The smallest absolute Gasteiger partial charge is 0.331 e. The molecule has 0 saturated heterocycles. The normalized spacial score (nSPS) is 12.9. The second-order valence-electron chi connectivity index (χ2n) is 11.7. The Balaban J connectivity index is 3.28. The predicted molar refractivity (Wildman–Crippen MR) is 161 cm³/mol. The highest BCUT2D eigenvalue weighted by Crippen LogP contribution is 2.17. The molecule has 0 aromatic carbocycles. The summed E-state index contributed by atoms with van der Waals surface area (Å²) < 4.78 is 12.5. The van der Waals surface area contributed by atoms with Crippen molar-refractivity contribution < 1.29 is 8.85 Å². The first-order chi connectivity index (χ1) is 17.0. The summed E-state index contributed by atoms with van der Waals surface area (Å²) in [5, 5.41) is 0. The van der Waals surface area contributed by atoms with E-state index in [9.17, 15) is 0 Å². The van der Waals surface area contributed by atoms with E-state index < -0.39 is 8.56 Å². The summed E-state index contributed by atoms with van der Waals surface area (Å²) in [5.74, 6) is 0. The first-order valence-corrected chi connectivity index (χ1v) is 19.1. The van der Waals surface area contributed by atoms with Crippen molar-refractivity contribution >= 4 is 8.56 Å².